The highest BCUT2D eigenvalue weighted by Gasteiger charge is 2.26. The fourth-order valence-electron chi connectivity index (χ4n) is 2.83. The first kappa shape index (κ1) is 18.9. The molecule has 1 heterocycles. The van der Waals surface area contributed by atoms with Gasteiger partial charge in [0.15, 0.2) is 0 Å². The van der Waals surface area contributed by atoms with Crippen LogP contribution in [0.2, 0.25) is 0 Å². The van der Waals surface area contributed by atoms with Crippen LogP contribution < -0.4 is 10.6 Å². The number of nitrogens with zero attached hydrogens (tertiary/aromatic N) is 2. The summed E-state index contributed by atoms with van der Waals surface area (Å²) >= 11 is 0. The van der Waals surface area contributed by atoms with Crippen LogP contribution in [0.25, 0.3) is 5.69 Å². The molecule has 6 nitrogen and oxygen atoms in total. The highest BCUT2D eigenvalue weighted by atomic mass is 19.1. The van der Waals surface area contributed by atoms with Crippen molar-refractivity contribution < 1.29 is 14.3 Å². The van der Waals surface area contributed by atoms with Gasteiger partial charge in [0.25, 0.3) is 0 Å². The van der Waals surface area contributed by atoms with Crippen LogP contribution >= 0.6 is 0 Å². The lowest BCUT2D eigenvalue weighted by atomic mass is 9.79. The molecule has 7 heteroatoms. The lowest BCUT2D eigenvalue weighted by Gasteiger charge is -2.31. The van der Waals surface area contributed by atoms with Crippen molar-refractivity contribution in [3.05, 3.63) is 42.5 Å². The first-order valence-electron chi connectivity index (χ1n) is 8.49. The van der Waals surface area contributed by atoms with Gasteiger partial charge in [-0.3, -0.25) is 0 Å². The molecule has 2 amide bonds. The minimum absolute atomic E-state index is 0.0817. The van der Waals surface area contributed by atoms with E-state index in [9.17, 15) is 14.3 Å². The Kier molecular flexibility index (Phi) is 6.52. The third kappa shape index (κ3) is 4.79. The first-order valence-corrected chi connectivity index (χ1v) is 8.49. The number of carbonyl (C=O) groups is 1. The van der Waals surface area contributed by atoms with Gasteiger partial charge in [-0.25, -0.2) is 13.9 Å². The van der Waals surface area contributed by atoms with Crippen molar-refractivity contribution in [3.8, 4) is 5.69 Å². The highest BCUT2D eigenvalue weighted by molar-refractivity contribution is 5.91. The molecule has 0 radical (unpaired) electrons. The molecule has 0 saturated carbocycles. The van der Waals surface area contributed by atoms with Crippen LogP contribution in [0.4, 0.5) is 14.9 Å². The molecule has 3 N–H and O–H groups in total. The topological polar surface area (TPSA) is 79.2 Å². The quantitative estimate of drug-likeness (QED) is 0.685. The van der Waals surface area contributed by atoms with Crippen molar-refractivity contribution in [1.29, 1.82) is 0 Å². The number of aromatic nitrogens is 2. The monoisotopic (exact) mass is 348 g/mol. The van der Waals surface area contributed by atoms with E-state index in [-0.39, 0.29) is 12.0 Å². The van der Waals surface area contributed by atoms with E-state index in [1.165, 1.54) is 12.1 Å². The zero-order valence-electron chi connectivity index (χ0n) is 14.6. The van der Waals surface area contributed by atoms with Gasteiger partial charge in [-0.15, -0.1) is 0 Å². The molecule has 2 aromatic rings. The second kappa shape index (κ2) is 8.62. The molecule has 0 atom stereocenters. The number of hydrogen-bond acceptors (Lipinski definition) is 3. The zero-order chi connectivity index (χ0) is 18.3. The summed E-state index contributed by atoms with van der Waals surface area (Å²) in [6.07, 6.45) is 5.65. The molecule has 0 fully saturated rings. The molecule has 0 aliphatic rings. The zero-order valence-corrected chi connectivity index (χ0v) is 14.6. The molecule has 0 bridgehead atoms. The summed E-state index contributed by atoms with van der Waals surface area (Å²) in [5.74, 6) is -0.442. The second-order valence-electron chi connectivity index (χ2n) is 6.10. The number of hydrogen-bond donors (Lipinski definition) is 3. The summed E-state index contributed by atoms with van der Waals surface area (Å²) in [4.78, 5) is 12.3. The average Bonchev–Trinajstić information content (AvgIpc) is 3.13. The number of aliphatic hydroxyl groups excluding tert-OH is 1. The number of anilines is 1. The molecule has 0 spiro atoms. The highest BCUT2D eigenvalue weighted by Crippen LogP contribution is 2.29. The number of amides is 2. The van der Waals surface area contributed by atoms with Crippen LogP contribution in [-0.2, 0) is 0 Å². The summed E-state index contributed by atoms with van der Waals surface area (Å²) < 4.78 is 15.2. The molecule has 2 rings (SSSR count). The smallest absolute Gasteiger partial charge is 0.319 e. The maximum absolute atomic E-state index is 13.6. The largest absolute Gasteiger partial charge is 0.396 e. The summed E-state index contributed by atoms with van der Waals surface area (Å²) in [7, 11) is 0. The Labute approximate surface area is 147 Å². The van der Waals surface area contributed by atoms with Gasteiger partial charge in [0.05, 0.1) is 11.4 Å². The van der Waals surface area contributed by atoms with Gasteiger partial charge in [-0.1, -0.05) is 13.8 Å². The third-order valence-electron chi connectivity index (χ3n) is 4.72. The van der Waals surface area contributed by atoms with Gasteiger partial charge in [0, 0.05) is 25.5 Å². The molecule has 25 heavy (non-hydrogen) atoms. The van der Waals surface area contributed by atoms with Gasteiger partial charge in [0.1, 0.15) is 5.82 Å². The number of nitrogens with one attached hydrogen (secondary N) is 2. The van der Waals surface area contributed by atoms with Crippen LogP contribution in [0, 0.1) is 11.2 Å². The molecule has 1 aromatic carbocycles. The van der Waals surface area contributed by atoms with E-state index in [1.54, 1.807) is 29.2 Å². The minimum atomic E-state index is -0.442. The molecular weight excluding hydrogens is 323 g/mol. The summed E-state index contributed by atoms with van der Waals surface area (Å²) in [6.45, 7) is 4.61. The molecular formula is C18H25FN4O2. The number of benzene rings is 1. The van der Waals surface area contributed by atoms with E-state index in [0.717, 1.165) is 12.8 Å². The molecule has 0 aliphatic heterocycles. The predicted octanol–water partition coefficient (Wildman–Crippen LogP) is 3.32. The summed E-state index contributed by atoms with van der Waals surface area (Å²) in [5, 5.41) is 18.9. The normalized spacial score (nSPS) is 11.4. The Morgan fingerprint density at radius 2 is 2.12 bits per heavy atom. The van der Waals surface area contributed by atoms with Crippen LogP contribution in [0.15, 0.2) is 36.7 Å². The number of urea groups is 1. The van der Waals surface area contributed by atoms with Crippen LogP contribution in [-0.4, -0.2) is 34.1 Å². The number of aliphatic hydroxyl groups is 1. The SMILES string of the molecule is CCC(CC)(CCO)CNC(=O)Nc1cc(F)ccc1-n1cccn1. The molecule has 1 aromatic heterocycles. The Hall–Kier alpha value is -2.41. The van der Waals surface area contributed by atoms with Gasteiger partial charge in [-0.05, 0) is 48.9 Å². The van der Waals surface area contributed by atoms with Crippen LogP contribution in [0.1, 0.15) is 33.1 Å². The Balaban J connectivity index is 2.09. The molecule has 136 valence electrons. The predicted molar refractivity (Wildman–Crippen MR) is 95.3 cm³/mol. The summed E-state index contributed by atoms with van der Waals surface area (Å²) in [5.41, 5.74) is 0.773. The van der Waals surface area contributed by atoms with E-state index in [1.807, 2.05) is 13.8 Å². The number of rotatable bonds is 8. The molecule has 0 saturated heterocycles. The maximum atomic E-state index is 13.6. The lowest BCUT2D eigenvalue weighted by Crippen LogP contribution is -2.39. The molecule has 0 aliphatic carbocycles. The van der Waals surface area contributed by atoms with Gasteiger partial charge >= 0.3 is 6.03 Å². The van der Waals surface area contributed by atoms with Gasteiger partial charge < -0.3 is 15.7 Å². The number of halogens is 1. The van der Waals surface area contributed by atoms with Crippen molar-refractivity contribution in [2.75, 3.05) is 18.5 Å². The van der Waals surface area contributed by atoms with Crippen molar-refractivity contribution >= 4 is 11.7 Å². The Morgan fingerprint density at radius 1 is 1.36 bits per heavy atom. The van der Waals surface area contributed by atoms with E-state index in [2.05, 4.69) is 15.7 Å². The van der Waals surface area contributed by atoms with Gasteiger partial charge in [0.2, 0.25) is 0 Å². The maximum Gasteiger partial charge on any atom is 0.319 e. The van der Waals surface area contributed by atoms with Crippen molar-refractivity contribution in [3.63, 3.8) is 0 Å². The number of carbonyl (C=O) groups excluding carboxylic acids is 1. The van der Waals surface area contributed by atoms with Crippen molar-refractivity contribution in [2.24, 2.45) is 5.41 Å². The third-order valence-corrected chi connectivity index (χ3v) is 4.72. The second-order valence-corrected chi connectivity index (χ2v) is 6.10. The lowest BCUT2D eigenvalue weighted by molar-refractivity contribution is 0.165. The molecule has 0 unspecified atom stereocenters. The Morgan fingerprint density at radius 3 is 2.72 bits per heavy atom. The van der Waals surface area contributed by atoms with E-state index >= 15 is 0 Å². The van der Waals surface area contributed by atoms with E-state index in [0.29, 0.717) is 24.3 Å². The fraction of sp³-hybridized carbons (Fsp3) is 0.444. The van der Waals surface area contributed by atoms with Gasteiger partial charge in [-0.2, -0.15) is 5.10 Å². The van der Waals surface area contributed by atoms with E-state index < -0.39 is 11.8 Å². The minimum Gasteiger partial charge on any atom is -0.396 e. The van der Waals surface area contributed by atoms with Crippen molar-refractivity contribution in [2.45, 2.75) is 33.1 Å². The first-order chi connectivity index (χ1) is 12.0. The Bertz CT molecular complexity index is 684. The fourth-order valence-corrected chi connectivity index (χ4v) is 2.83. The van der Waals surface area contributed by atoms with Crippen LogP contribution in [0.3, 0.4) is 0 Å². The van der Waals surface area contributed by atoms with E-state index in [4.69, 9.17) is 0 Å². The van der Waals surface area contributed by atoms with Crippen LogP contribution in [0.5, 0.6) is 0 Å². The standard InChI is InChI=1S/C18H25FN4O2/c1-3-18(4-2,8-11-24)13-20-17(25)22-15-12-14(19)6-7-16(15)23-10-5-9-21-23/h5-7,9-10,12,24H,3-4,8,11,13H2,1-2H3,(H2,20,22,25). The summed E-state index contributed by atoms with van der Waals surface area (Å²) in [6, 6.07) is 5.48. The average molecular weight is 348 g/mol. The van der Waals surface area contributed by atoms with Crippen molar-refractivity contribution in [1.82, 2.24) is 15.1 Å².